The van der Waals surface area contributed by atoms with Crippen molar-refractivity contribution in [1.82, 2.24) is 0 Å². The third-order valence-electron chi connectivity index (χ3n) is 12.6. The summed E-state index contributed by atoms with van der Waals surface area (Å²) in [6.45, 7) is 6.43. The summed E-state index contributed by atoms with van der Waals surface area (Å²) in [5, 5.41) is 0. The summed E-state index contributed by atoms with van der Waals surface area (Å²) in [5.74, 6) is -1.05. The lowest BCUT2D eigenvalue weighted by atomic mass is 10.1. The molecule has 1 unspecified atom stereocenters. The summed E-state index contributed by atoms with van der Waals surface area (Å²) in [6.07, 6.45) is 78.5. The molecule has 6 heteroatoms. The van der Waals surface area contributed by atoms with Gasteiger partial charge in [0, 0.05) is 12.8 Å². The van der Waals surface area contributed by atoms with E-state index in [0.717, 1.165) is 77.0 Å². The van der Waals surface area contributed by atoms with Gasteiger partial charge in [0.05, 0.1) is 6.42 Å². The van der Waals surface area contributed by atoms with Gasteiger partial charge in [-0.25, -0.2) is 0 Å². The van der Waals surface area contributed by atoms with Crippen molar-refractivity contribution in [1.29, 1.82) is 0 Å². The molecule has 0 aliphatic carbocycles. The Bertz CT molecular complexity index is 1410. The van der Waals surface area contributed by atoms with Crippen LogP contribution >= 0.6 is 0 Å². The first kappa shape index (κ1) is 67.3. The minimum Gasteiger partial charge on any atom is -0.462 e. The number of carbonyl (C=O) groups is 3. The first-order valence-electron chi connectivity index (χ1n) is 29.7. The van der Waals surface area contributed by atoms with Crippen LogP contribution in [0, 0.1) is 0 Å². The third kappa shape index (κ3) is 57.1. The van der Waals surface area contributed by atoms with E-state index in [1.807, 2.05) is 6.08 Å². The fourth-order valence-electron chi connectivity index (χ4n) is 8.13. The summed E-state index contributed by atoms with van der Waals surface area (Å²) in [5.41, 5.74) is 0. The average molecular weight is 988 g/mol. The van der Waals surface area contributed by atoms with Crippen LogP contribution < -0.4 is 0 Å². The number of ether oxygens (including phenoxy) is 3. The van der Waals surface area contributed by atoms with E-state index in [0.29, 0.717) is 12.8 Å². The van der Waals surface area contributed by atoms with Crippen molar-refractivity contribution >= 4 is 17.9 Å². The lowest BCUT2D eigenvalue weighted by Crippen LogP contribution is -2.30. The van der Waals surface area contributed by atoms with Gasteiger partial charge >= 0.3 is 17.9 Å². The molecular formula is C65H110O6. The van der Waals surface area contributed by atoms with Crippen LogP contribution in [0.1, 0.15) is 278 Å². The lowest BCUT2D eigenvalue weighted by molar-refractivity contribution is -0.166. The maximum absolute atomic E-state index is 12.9. The van der Waals surface area contributed by atoms with Gasteiger partial charge in [-0.1, -0.05) is 253 Å². The maximum atomic E-state index is 12.9. The number of allylic oxidation sites excluding steroid dienone is 15. The van der Waals surface area contributed by atoms with Gasteiger partial charge in [0.25, 0.3) is 0 Å². The Balaban J connectivity index is 4.46. The van der Waals surface area contributed by atoms with Gasteiger partial charge in [-0.15, -0.1) is 0 Å². The highest BCUT2D eigenvalue weighted by molar-refractivity contribution is 5.72. The molecule has 406 valence electrons. The maximum Gasteiger partial charge on any atom is 0.309 e. The molecule has 0 aromatic rings. The van der Waals surface area contributed by atoms with Gasteiger partial charge in [0.1, 0.15) is 13.2 Å². The summed E-state index contributed by atoms with van der Waals surface area (Å²) in [7, 11) is 0. The summed E-state index contributed by atoms with van der Waals surface area (Å²) in [4.78, 5) is 38.1. The van der Waals surface area contributed by atoms with Crippen LogP contribution in [0.5, 0.6) is 0 Å². The molecule has 0 saturated carbocycles. The highest BCUT2D eigenvalue weighted by Crippen LogP contribution is 2.15. The zero-order valence-electron chi connectivity index (χ0n) is 46.5. The molecule has 1 atom stereocenters. The third-order valence-corrected chi connectivity index (χ3v) is 12.6. The Morgan fingerprint density at radius 3 is 1.00 bits per heavy atom. The monoisotopic (exact) mass is 987 g/mol. The fraction of sp³-hybridized carbons (Fsp3) is 0.708. The van der Waals surface area contributed by atoms with Crippen LogP contribution in [-0.4, -0.2) is 37.2 Å². The Hall–Kier alpha value is -3.67. The number of unbranched alkanes of at least 4 members (excludes halogenated alkanes) is 27. The van der Waals surface area contributed by atoms with Crippen molar-refractivity contribution in [3.05, 3.63) is 97.2 Å². The molecule has 0 rings (SSSR count). The molecule has 0 aliphatic heterocycles. The van der Waals surface area contributed by atoms with E-state index in [-0.39, 0.29) is 31.6 Å². The summed E-state index contributed by atoms with van der Waals surface area (Å²) < 4.78 is 16.8. The van der Waals surface area contributed by atoms with Crippen molar-refractivity contribution in [3.8, 4) is 0 Å². The van der Waals surface area contributed by atoms with E-state index < -0.39 is 12.1 Å². The molecule has 0 saturated heterocycles. The van der Waals surface area contributed by atoms with E-state index >= 15 is 0 Å². The normalized spacial score (nSPS) is 12.8. The van der Waals surface area contributed by atoms with E-state index in [4.69, 9.17) is 14.2 Å². The van der Waals surface area contributed by atoms with Crippen LogP contribution in [0.15, 0.2) is 97.2 Å². The summed E-state index contributed by atoms with van der Waals surface area (Å²) in [6, 6.07) is 0. The second-order valence-corrected chi connectivity index (χ2v) is 19.5. The second-order valence-electron chi connectivity index (χ2n) is 19.5. The highest BCUT2D eigenvalue weighted by Gasteiger charge is 2.19. The molecule has 0 aliphatic rings. The molecule has 0 fully saturated rings. The zero-order chi connectivity index (χ0) is 51.4. The smallest absolute Gasteiger partial charge is 0.309 e. The molecular weight excluding hydrogens is 877 g/mol. The number of rotatable bonds is 53. The van der Waals surface area contributed by atoms with Gasteiger partial charge in [-0.05, 0) is 103 Å². The van der Waals surface area contributed by atoms with E-state index in [1.165, 1.54) is 161 Å². The van der Waals surface area contributed by atoms with Crippen molar-refractivity contribution in [2.75, 3.05) is 13.2 Å². The van der Waals surface area contributed by atoms with Crippen LogP contribution in [-0.2, 0) is 28.6 Å². The van der Waals surface area contributed by atoms with Crippen molar-refractivity contribution in [2.24, 2.45) is 0 Å². The number of esters is 3. The minimum absolute atomic E-state index is 0.111. The van der Waals surface area contributed by atoms with Crippen LogP contribution in [0.3, 0.4) is 0 Å². The van der Waals surface area contributed by atoms with Crippen LogP contribution in [0.2, 0.25) is 0 Å². The topological polar surface area (TPSA) is 78.9 Å². The molecule has 71 heavy (non-hydrogen) atoms. The van der Waals surface area contributed by atoms with Gasteiger partial charge in [0.15, 0.2) is 6.10 Å². The number of hydrogen-bond acceptors (Lipinski definition) is 6. The molecule has 0 bridgehead atoms. The van der Waals surface area contributed by atoms with Crippen molar-refractivity contribution < 1.29 is 28.6 Å². The molecule has 6 nitrogen and oxygen atoms in total. The first-order valence-corrected chi connectivity index (χ1v) is 29.7. The number of hydrogen-bond donors (Lipinski definition) is 0. The standard InChI is InChI=1S/C65H110O6/c1-4-7-10-13-16-19-22-25-28-30-31-32-33-35-37-40-43-46-49-52-55-58-64(67)70-61-62(60-69-63(66)57-54-51-48-45-42-39-36-27-24-21-18-15-12-9-6-3)71-65(68)59-56-53-50-47-44-41-38-34-29-26-23-20-17-14-11-8-5-2/h9,12,18,21-22,25-27,29-31,36,42,45,51,54,62H,4-8,10-11,13-17,19-20,23-24,28,32-35,37-41,43-44,46-50,52-53,55-61H2,1-3H3/b12-9-,21-18-,25-22-,29-26-,31-30-,36-27-,45-42-,54-51-. The molecule has 0 heterocycles. The molecule has 0 amide bonds. The molecule has 0 N–H and O–H groups in total. The largest absolute Gasteiger partial charge is 0.462 e. The quantitative estimate of drug-likeness (QED) is 0.0261. The van der Waals surface area contributed by atoms with Crippen molar-refractivity contribution in [3.63, 3.8) is 0 Å². The predicted molar refractivity (Wildman–Crippen MR) is 307 cm³/mol. The Labute approximate surface area is 438 Å². The lowest BCUT2D eigenvalue weighted by Gasteiger charge is -2.18. The Kier molecular flexibility index (Phi) is 55.9. The van der Waals surface area contributed by atoms with Crippen LogP contribution in [0.25, 0.3) is 0 Å². The number of carbonyl (C=O) groups excluding carboxylic acids is 3. The minimum atomic E-state index is -0.823. The fourth-order valence-corrected chi connectivity index (χ4v) is 8.13. The van der Waals surface area contributed by atoms with Gasteiger partial charge in [-0.3, -0.25) is 14.4 Å². The molecule has 0 aromatic carbocycles. The van der Waals surface area contributed by atoms with Crippen molar-refractivity contribution in [2.45, 2.75) is 284 Å². The second kappa shape index (κ2) is 58.9. The van der Waals surface area contributed by atoms with E-state index in [1.54, 1.807) is 6.08 Å². The molecule has 0 spiro atoms. The van der Waals surface area contributed by atoms with Gasteiger partial charge in [-0.2, -0.15) is 0 Å². The Morgan fingerprint density at radius 1 is 0.310 bits per heavy atom. The molecule has 0 radical (unpaired) electrons. The average Bonchev–Trinajstić information content (AvgIpc) is 3.37. The SMILES string of the molecule is CC/C=C\C/C=C\C/C=C\C/C=C\C/C=C\CC(=O)OCC(COC(=O)CCCCCCCCCCC/C=C\C/C=C\CCCCCCC)OC(=O)CCCCCCCCC/C=C\CCCCCCCC. The highest BCUT2D eigenvalue weighted by atomic mass is 16.6. The van der Waals surface area contributed by atoms with E-state index in [2.05, 4.69) is 106 Å². The zero-order valence-corrected chi connectivity index (χ0v) is 46.5. The van der Waals surface area contributed by atoms with Crippen LogP contribution in [0.4, 0.5) is 0 Å². The van der Waals surface area contributed by atoms with Gasteiger partial charge < -0.3 is 14.2 Å². The predicted octanol–water partition coefficient (Wildman–Crippen LogP) is 20.1. The first-order chi connectivity index (χ1) is 35.0. The van der Waals surface area contributed by atoms with E-state index in [9.17, 15) is 14.4 Å². The molecule has 0 aromatic heterocycles. The summed E-state index contributed by atoms with van der Waals surface area (Å²) >= 11 is 0. The van der Waals surface area contributed by atoms with Gasteiger partial charge in [0.2, 0.25) is 0 Å². The Morgan fingerprint density at radius 2 is 0.606 bits per heavy atom.